The molecule has 1 atom stereocenters. The van der Waals surface area contributed by atoms with E-state index in [2.05, 4.69) is 11.4 Å². The van der Waals surface area contributed by atoms with Crippen molar-refractivity contribution in [2.24, 2.45) is 0 Å². The Morgan fingerprint density at radius 1 is 1.52 bits per heavy atom. The maximum atomic E-state index is 12.2. The lowest BCUT2D eigenvalue weighted by molar-refractivity contribution is -0.111. The number of furan rings is 1. The fraction of sp³-hybridized carbons (Fsp3) is 0.316. The molecule has 2 aromatic rings. The molecule has 0 saturated heterocycles. The molecular weight excluding hydrogens is 368 g/mol. The minimum Gasteiger partial charge on any atom is -0.472 e. The number of rotatable bonds is 5. The molecule has 1 N–H and O–H groups in total. The first-order chi connectivity index (χ1) is 13.1. The lowest BCUT2D eigenvalue weighted by Gasteiger charge is -2.21. The number of ether oxygens (including phenoxy) is 2. The molecule has 0 saturated carbocycles. The third kappa shape index (κ3) is 4.57. The first kappa shape index (κ1) is 18.7. The molecule has 2 aromatic heterocycles. The summed E-state index contributed by atoms with van der Waals surface area (Å²) in [6.07, 6.45) is 6.83. The monoisotopic (exact) mass is 386 g/mol. The summed E-state index contributed by atoms with van der Waals surface area (Å²) in [4.78, 5) is 24.6. The number of carbonyl (C=O) groups excluding carboxylic acids is 2. The highest BCUT2D eigenvalue weighted by atomic mass is 32.1. The first-order valence-electron chi connectivity index (χ1n) is 8.50. The van der Waals surface area contributed by atoms with Gasteiger partial charge in [0.15, 0.2) is 0 Å². The van der Waals surface area contributed by atoms with Gasteiger partial charge in [-0.05, 0) is 37.5 Å². The summed E-state index contributed by atoms with van der Waals surface area (Å²) in [5, 5.41) is 12.8. The molecular formula is C19H18N2O5S. The zero-order valence-corrected chi connectivity index (χ0v) is 15.5. The van der Waals surface area contributed by atoms with Gasteiger partial charge < -0.3 is 19.2 Å². The Morgan fingerprint density at radius 2 is 2.37 bits per heavy atom. The fourth-order valence-electron chi connectivity index (χ4n) is 2.85. The van der Waals surface area contributed by atoms with Crippen molar-refractivity contribution in [3.63, 3.8) is 0 Å². The van der Waals surface area contributed by atoms with Crippen LogP contribution in [-0.4, -0.2) is 24.8 Å². The Kier molecular flexibility index (Phi) is 5.94. The Morgan fingerprint density at radius 3 is 3.07 bits per heavy atom. The summed E-state index contributed by atoms with van der Waals surface area (Å²) < 4.78 is 15.0. The van der Waals surface area contributed by atoms with Crippen molar-refractivity contribution in [1.82, 2.24) is 0 Å². The molecule has 2 heterocycles. The molecule has 0 fully saturated rings. The molecule has 140 valence electrons. The molecule has 8 heteroatoms. The van der Waals surface area contributed by atoms with Crippen LogP contribution in [0.5, 0.6) is 0 Å². The molecule has 0 bridgehead atoms. The Labute approximate surface area is 160 Å². The molecule has 27 heavy (non-hydrogen) atoms. The standard InChI is InChI=1S/C19H18N2O5S/c1-2-25-19(23)26-13-4-5-14-15(10-20)18(27-16(14)9-13)21-17(22)6-3-12-7-8-24-11-12/h3,6-8,11,13H,2,4-5,9H2,1H3,(H,21,22)/b6-3+. The number of nitrogens with zero attached hydrogens (tertiary/aromatic N) is 1. The summed E-state index contributed by atoms with van der Waals surface area (Å²) in [6.45, 7) is 1.98. The average molecular weight is 386 g/mol. The summed E-state index contributed by atoms with van der Waals surface area (Å²) >= 11 is 1.34. The second-order valence-electron chi connectivity index (χ2n) is 5.86. The maximum absolute atomic E-state index is 12.2. The number of hydrogen-bond acceptors (Lipinski definition) is 7. The highest BCUT2D eigenvalue weighted by Gasteiger charge is 2.28. The van der Waals surface area contributed by atoms with Crippen molar-refractivity contribution in [1.29, 1.82) is 5.26 Å². The zero-order chi connectivity index (χ0) is 19.2. The topological polar surface area (TPSA) is 102 Å². The van der Waals surface area contributed by atoms with E-state index in [1.165, 1.54) is 29.9 Å². The number of anilines is 1. The van der Waals surface area contributed by atoms with Gasteiger partial charge in [0.1, 0.15) is 17.2 Å². The van der Waals surface area contributed by atoms with E-state index in [9.17, 15) is 14.9 Å². The molecule has 0 aromatic carbocycles. The Bertz CT molecular complexity index is 892. The SMILES string of the molecule is CCOC(=O)OC1CCc2c(sc(NC(=O)/C=C/c3ccoc3)c2C#N)C1. The Hall–Kier alpha value is -3.05. The van der Waals surface area contributed by atoms with Crippen LogP contribution in [0.15, 0.2) is 29.1 Å². The van der Waals surface area contributed by atoms with Crippen molar-refractivity contribution in [3.8, 4) is 6.07 Å². The van der Waals surface area contributed by atoms with Crippen LogP contribution >= 0.6 is 11.3 Å². The van der Waals surface area contributed by atoms with Crippen LogP contribution in [0.25, 0.3) is 6.08 Å². The Balaban J connectivity index is 1.69. The highest BCUT2D eigenvalue weighted by molar-refractivity contribution is 7.16. The first-order valence-corrected chi connectivity index (χ1v) is 9.31. The van der Waals surface area contributed by atoms with Gasteiger partial charge in [0.2, 0.25) is 5.91 Å². The van der Waals surface area contributed by atoms with Crippen molar-refractivity contribution in [2.45, 2.75) is 32.3 Å². The number of thiophene rings is 1. The molecule has 1 aliphatic rings. The smallest absolute Gasteiger partial charge is 0.472 e. The van der Waals surface area contributed by atoms with Crippen LogP contribution < -0.4 is 5.32 Å². The zero-order valence-electron chi connectivity index (χ0n) is 14.7. The molecule has 7 nitrogen and oxygen atoms in total. The second kappa shape index (κ2) is 8.56. The quantitative estimate of drug-likeness (QED) is 0.618. The van der Waals surface area contributed by atoms with Gasteiger partial charge in [-0.15, -0.1) is 11.3 Å². The lowest BCUT2D eigenvalue weighted by atomic mass is 9.94. The maximum Gasteiger partial charge on any atom is 0.508 e. The highest BCUT2D eigenvalue weighted by Crippen LogP contribution is 2.38. The minimum absolute atomic E-state index is 0.261. The summed E-state index contributed by atoms with van der Waals surface area (Å²) in [6, 6.07) is 3.91. The van der Waals surface area contributed by atoms with Gasteiger partial charge in [0.25, 0.3) is 0 Å². The van der Waals surface area contributed by atoms with E-state index < -0.39 is 6.16 Å². The fourth-order valence-corrected chi connectivity index (χ4v) is 4.11. The van der Waals surface area contributed by atoms with Crippen molar-refractivity contribution < 1.29 is 23.5 Å². The summed E-state index contributed by atoms with van der Waals surface area (Å²) in [5.74, 6) is -0.328. The number of carbonyl (C=O) groups is 2. The molecule has 3 rings (SSSR count). The summed E-state index contributed by atoms with van der Waals surface area (Å²) in [5.41, 5.74) is 2.17. The number of fused-ring (bicyclic) bond motifs is 1. The van der Waals surface area contributed by atoms with Crippen LogP contribution in [0.1, 0.15) is 34.9 Å². The number of nitriles is 1. The second-order valence-corrected chi connectivity index (χ2v) is 6.97. The number of hydrogen-bond donors (Lipinski definition) is 1. The van der Waals surface area contributed by atoms with Gasteiger partial charge in [-0.25, -0.2) is 4.79 Å². The van der Waals surface area contributed by atoms with Crippen LogP contribution in [0.2, 0.25) is 0 Å². The van der Waals surface area contributed by atoms with Gasteiger partial charge in [-0.3, -0.25) is 4.79 Å². The molecule has 0 radical (unpaired) electrons. The van der Waals surface area contributed by atoms with Gasteiger partial charge in [0, 0.05) is 22.9 Å². The van der Waals surface area contributed by atoms with Crippen LogP contribution in [-0.2, 0) is 27.1 Å². The average Bonchev–Trinajstić information content (AvgIpc) is 3.26. The van der Waals surface area contributed by atoms with Crippen molar-refractivity contribution in [2.75, 3.05) is 11.9 Å². The molecule has 0 spiro atoms. The number of nitrogens with one attached hydrogen (secondary N) is 1. The van der Waals surface area contributed by atoms with Crippen molar-refractivity contribution >= 4 is 34.5 Å². The van der Waals surface area contributed by atoms with Gasteiger partial charge in [-0.2, -0.15) is 5.26 Å². The predicted molar refractivity (Wildman–Crippen MR) is 99.3 cm³/mol. The van der Waals surface area contributed by atoms with E-state index in [-0.39, 0.29) is 18.6 Å². The normalized spacial score (nSPS) is 15.8. The van der Waals surface area contributed by atoms with Crippen LogP contribution in [0.4, 0.5) is 9.80 Å². The summed E-state index contributed by atoms with van der Waals surface area (Å²) in [7, 11) is 0. The van der Waals surface area contributed by atoms with Gasteiger partial charge in [0.05, 0.1) is 24.7 Å². The third-order valence-corrected chi connectivity index (χ3v) is 5.23. The predicted octanol–water partition coefficient (Wildman–Crippen LogP) is 3.90. The molecule has 1 unspecified atom stereocenters. The number of amides is 1. The van der Waals surface area contributed by atoms with Crippen molar-refractivity contribution in [3.05, 3.63) is 46.2 Å². The van der Waals surface area contributed by atoms with Crippen LogP contribution in [0.3, 0.4) is 0 Å². The van der Waals surface area contributed by atoms with E-state index in [1.807, 2.05) is 0 Å². The van der Waals surface area contributed by atoms with Gasteiger partial charge >= 0.3 is 6.16 Å². The molecule has 1 amide bonds. The van der Waals surface area contributed by atoms with E-state index >= 15 is 0 Å². The third-order valence-electron chi connectivity index (χ3n) is 4.06. The van der Waals surface area contributed by atoms with Crippen LogP contribution in [0, 0.1) is 11.3 Å². The van der Waals surface area contributed by atoms with E-state index in [0.717, 1.165) is 16.0 Å². The lowest BCUT2D eigenvalue weighted by Crippen LogP contribution is -2.25. The van der Waals surface area contributed by atoms with E-state index in [4.69, 9.17) is 13.9 Å². The van der Waals surface area contributed by atoms with E-state index in [0.29, 0.717) is 29.8 Å². The minimum atomic E-state index is -0.680. The largest absolute Gasteiger partial charge is 0.508 e. The molecule has 0 aliphatic heterocycles. The van der Waals surface area contributed by atoms with E-state index in [1.54, 1.807) is 19.1 Å². The van der Waals surface area contributed by atoms with Gasteiger partial charge in [-0.1, -0.05) is 0 Å². The molecule has 1 aliphatic carbocycles.